The number of rotatable bonds is 9. The van der Waals surface area contributed by atoms with Gasteiger partial charge in [0.1, 0.15) is 0 Å². The molecule has 5 heterocycles. The molecule has 5 aromatic heterocycles. The van der Waals surface area contributed by atoms with Gasteiger partial charge >= 0.3 is 0 Å². The molecule has 85 heavy (non-hydrogen) atoms. The average molecular weight is 1090 g/mol. The van der Waals surface area contributed by atoms with Crippen LogP contribution in [-0.2, 0) is 0 Å². The van der Waals surface area contributed by atoms with Crippen molar-refractivity contribution in [3.05, 3.63) is 295 Å². The predicted octanol–water partition coefficient (Wildman–Crippen LogP) is 21.0. The van der Waals surface area contributed by atoms with Crippen molar-refractivity contribution in [1.82, 2.24) is 23.7 Å². The van der Waals surface area contributed by atoms with E-state index in [1.54, 1.807) is 0 Å². The van der Waals surface area contributed by atoms with Crippen LogP contribution in [0.25, 0.3) is 150 Å². The first-order valence-corrected chi connectivity index (χ1v) is 29.3. The van der Waals surface area contributed by atoms with Crippen molar-refractivity contribution < 1.29 is 0 Å². The second-order valence-electron chi connectivity index (χ2n) is 22.9. The number of pyridine rings is 2. The highest BCUT2D eigenvalue weighted by Crippen LogP contribution is 2.52. The molecule has 0 amide bonds. The van der Waals surface area contributed by atoms with Crippen LogP contribution in [-0.4, -0.2) is 23.7 Å². The molecular weight excluding hydrogens is 1030 g/mol. The minimum atomic E-state index is 0.876. The summed E-state index contributed by atoms with van der Waals surface area (Å²) in [6.45, 7) is 8.84. The van der Waals surface area contributed by atoms with Crippen LogP contribution < -0.4 is 0 Å². The van der Waals surface area contributed by atoms with Crippen LogP contribution in [0.4, 0.5) is 0 Å². The molecule has 0 saturated carbocycles. The van der Waals surface area contributed by atoms with Gasteiger partial charge in [0.05, 0.1) is 72.9 Å². The van der Waals surface area contributed by atoms with Gasteiger partial charge in [-0.25, -0.2) is 9.97 Å². The lowest BCUT2D eigenvalue weighted by Crippen LogP contribution is -2.11. The Bertz CT molecular complexity index is 5030. The van der Waals surface area contributed by atoms with E-state index in [1.807, 2.05) is 0 Å². The number of nitrogens with zero attached hydrogens (tertiary/aromatic N) is 5. The Morgan fingerprint density at radius 1 is 0.235 bits per heavy atom. The van der Waals surface area contributed by atoms with E-state index < -0.39 is 0 Å². The van der Waals surface area contributed by atoms with E-state index in [2.05, 4.69) is 314 Å². The van der Waals surface area contributed by atoms with Crippen molar-refractivity contribution in [2.75, 3.05) is 0 Å². The maximum atomic E-state index is 5.62. The van der Waals surface area contributed by atoms with E-state index in [-0.39, 0.29) is 0 Å². The number of aryl methyl sites for hydroxylation is 4. The van der Waals surface area contributed by atoms with Gasteiger partial charge in [0.15, 0.2) is 0 Å². The van der Waals surface area contributed by atoms with Crippen LogP contribution in [0.1, 0.15) is 22.3 Å². The Hall–Kier alpha value is -10.9. The summed E-state index contributed by atoms with van der Waals surface area (Å²) >= 11 is 0. The zero-order valence-corrected chi connectivity index (χ0v) is 47.7. The number of fused-ring (bicyclic) bond motifs is 9. The number of hydrogen-bond donors (Lipinski definition) is 0. The van der Waals surface area contributed by atoms with Gasteiger partial charge < -0.3 is 13.7 Å². The highest BCUT2D eigenvalue weighted by atomic mass is 15.1. The van der Waals surface area contributed by atoms with Crippen molar-refractivity contribution in [1.29, 1.82) is 0 Å². The third-order valence-corrected chi connectivity index (χ3v) is 17.2. The van der Waals surface area contributed by atoms with Crippen LogP contribution >= 0.6 is 0 Å². The summed E-state index contributed by atoms with van der Waals surface area (Å²) in [6, 6.07) is 100. The molecule has 16 rings (SSSR count). The van der Waals surface area contributed by atoms with Gasteiger partial charge in [0.2, 0.25) is 0 Å². The summed E-state index contributed by atoms with van der Waals surface area (Å²) in [5, 5.41) is 7.15. The fraction of sp³-hybridized carbons (Fsp3) is 0.0500. The van der Waals surface area contributed by atoms with Crippen LogP contribution in [0.3, 0.4) is 0 Å². The Labute approximate surface area is 493 Å². The van der Waals surface area contributed by atoms with Crippen molar-refractivity contribution in [3.8, 4) is 84.3 Å². The van der Waals surface area contributed by atoms with Gasteiger partial charge in [-0.05, 0) is 130 Å². The molecule has 402 valence electrons. The molecule has 0 aliphatic carbocycles. The topological polar surface area (TPSA) is 40.6 Å². The summed E-state index contributed by atoms with van der Waals surface area (Å²) < 4.78 is 7.73. The molecule has 0 N–H and O–H groups in total. The summed E-state index contributed by atoms with van der Waals surface area (Å²) in [6.07, 6.45) is 0. The van der Waals surface area contributed by atoms with Gasteiger partial charge in [0, 0.05) is 65.7 Å². The molecule has 5 nitrogen and oxygen atoms in total. The molecule has 0 spiro atoms. The van der Waals surface area contributed by atoms with Gasteiger partial charge in [-0.1, -0.05) is 204 Å². The van der Waals surface area contributed by atoms with Gasteiger partial charge in [-0.3, -0.25) is 0 Å². The molecule has 0 radical (unpaired) electrons. The zero-order chi connectivity index (χ0) is 56.9. The lowest BCUT2D eigenvalue weighted by molar-refractivity contribution is 1.08. The Morgan fingerprint density at radius 2 is 0.541 bits per heavy atom. The van der Waals surface area contributed by atoms with Gasteiger partial charge in [-0.2, -0.15) is 0 Å². The molecule has 16 aromatic rings. The Kier molecular flexibility index (Phi) is 11.7. The number of benzene rings is 11. The Balaban J connectivity index is 1.22. The van der Waals surface area contributed by atoms with Crippen molar-refractivity contribution in [2.45, 2.75) is 27.7 Å². The summed E-state index contributed by atoms with van der Waals surface area (Å²) in [5.41, 5.74) is 26.4. The lowest BCUT2D eigenvalue weighted by atomic mass is 9.89. The fourth-order valence-electron chi connectivity index (χ4n) is 13.3. The third-order valence-electron chi connectivity index (χ3n) is 17.2. The van der Waals surface area contributed by atoms with Crippen molar-refractivity contribution >= 4 is 65.4 Å². The SMILES string of the molecule is Cc1ccc2c(c1)c1cc(C)ccc1n2-c1c(-c2cc(-c3ccccc3)nc(-c3ccccc3)c2)cc(-n2c3ccccc3c3ccccc32)c(-n2c3ccc(C)cc3c3cc(C)ccc32)c1-c1cc(-c2ccccc2)nc(-c2ccccc2)c1. The fourth-order valence-corrected chi connectivity index (χ4v) is 13.3. The molecule has 0 saturated heterocycles. The Morgan fingerprint density at radius 3 is 0.906 bits per heavy atom. The average Bonchev–Trinajstić information content (AvgIpc) is 1.69. The van der Waals surface area contributed by atoms with E-state index in [1.165, 1.54) is 54.6 Å². The second kappa shape index (κ2) is 19.9. The smallest absolute Gasteiger partial charge is 0.0803 e. The van der Waals surface area contributed by atoms with E-state index in [4.69, 9.17) is 9.97 Å². The van der Waals surface area contributed by atoms with Gasteiger partial charge in [0.25, 0.3) is 0 Å². The molecule has 5 heteroatoms. The molecule has 11 aromatic carbocycles. The minimum absolute atomic E-state index is 0.876. The third kappa shape index (κ3) is 8.30. The molecule has 0 atom stereocenters. The standard InChI is InChI=1S/C80H57N5/c1-50-33-37-73-63(41-50)64-42-51(2)34-38-74(64)84(73)79-62(58-45-67(54-21-9-5-10-22-54)81-68(46-58)55-23-11-6-12-24-55)49-77(83-71-31-19-17-29-60(71)61-30-18-20-32-72(61)83)80(85-75-39-35-52(3)43-65(75)66-44-53(4)36-40-76(66)85)78(79)59-47-69(56-25-13-7-14-26-56)82-70(48-59)57-27-15-8-16-28-57/h5-49H,1-4H3. The summed E-state index contributed by atoms with van der Waals surface area (Å²) in [5.74, 6) is 0. The normalized spacial score (nSPS) is 11.8. The van der Waals surface area contributed by atoms with Crippen LogP contribution in [0.15, 0.2) is 273 Å². The minimum Gasteiger partial charge on any atom is -0.308 e. The highest BCUT2D eigenvalue weighted by molar-refractivity contribution is 6.16. The maximum absolute atomic E-state index is 5.62. The summed E-state index contributed by atoms with van der Waals surface area (Å²) in [7, 11) is 0. The predicted molar refractivity (Wildman–Crippen MR) is 357 cm³/mol. The second-order valence-corrected chi connectivity index (χ2v) is 22.9. The van der Waals surface area contributed by atoms with E-state index in [0.29, 0.717) is 0 Å². The molecule has 0 fully saturated rings. The van der Waals surface area contributed by atoms with Crippen molar-refractivity contribution in [2.24, 2.45) is 0 Å². The van der Waals surface area contributed by atoms with Crippen molar-refractivity contribution in [3.63, 3.8) is 0 Å². The quantitative estimate of drug-likeness (QED) is 0.145. The van der Waals surface area contributed by atoms with Gasteiger partial charge in [-0.15, -0.1) is 0 Å². The zero-order valence-electron chi connectivity index (χ0n) is 47.7. The molecule has 0 aliphatic rings. The van der Waals surface area contributed by atoms with Crippen LogP contribution in [0.5, 0.6) is 0 Å². The maximum Gasteiger partial charge on any atom is 0.0803 e. The monoisotopic (exact) mass is 1090 g/mol. The number of para-hydroxylation sites is 2. The summed E-state index contributed by atoms with van der Waals surface area (Å²) in [4.78, 5) is 11.2. The van der Waals surface area contributed by atoms with Crippen LogP contribution in [0, 0.1) is 27.7 Å². The first kappa shape index (κ1) is 49.9. The van der Waals surface area contributed by atoms with E-state index in [9.17, 15) is 0 Å². The molecule has 0 bridgehead atoms. The van der Waals surface area contributed by atoms with E-state index >= 15 is 0 Å². The first-order valence-electron chi connectivity index (χ1n) is 29.3. The van der Waals surface area contributed by atoms with E-state index in [0.717, 1.165) is 117 Å². The van der Waals surface area contributed by atoms with Crippen LogP contribution in [0.2, 0.25) is 0 Å². The number of hydrogen-bond acceptors (Lipinski definition) is 2. The molecule has 0 aliphatic heterocycles. The first-order chi connectivity index (χ1) is 41.8. The molecule has 0 unspecified atom stereocenters. The molecular formula is C80H57N5. The lowest BCUT2D eigenvalue weighted by Gasteiger charge is -2.28. The largest absolute Gasteiger partial charge is 0.308 e. The number of aromatic nitrogens is 5. The highest BCUT2D eigenvalue weighted by Gasteiger charge is 2.31.